The number of nitrogens with zero attached hydrogens (tertiary/aromatic N) is 1. The molecule has 0 aromatic carbocycles. The van der Waals surface area contributed by atoms with Crippen molar-refractivity contribution in [2.75, 3.05) is 19.0 Å². The van der Waals surface area contributed by atoms with E-state index < -0.39 is 10.0 Å². The Morgan fingerprint density at radius 2 is 1.93 bits per heavy atom. The van der Waals surface area contributed by atoms with Gasteiger partial charge in [-0.05, 0) is 19.8 Å². The lowest BCUT2D eigenvalue weighted by Crippen LogP contribution is -2.49. The normalized spacial score (nSPS) is 31.8. The van der Waals surface area contributed by atoms with Crippen molar-refractivity contribution in [3.05, 3.63) is 12.2 Å². The van der Waals surface area contributed by atoms with Crippen LogP contribution in [0.15, 0.2) is 12.2 Å². The zero-order chi connectivity index (χ0) is 11.1. The number of fused-ring (bicyclic) bond motifs is 2. The molecule has 15 heavy (non-hydrogen) atoms. The van der Waals surface area contributed by atoms with E-state index in [1.807, 2.05) is 0 Å². The molecule has 0 saturated carbocycles. The largest absolute Gasteiger partial charge is 0.378 e. The first kappa shape index (κ1) is 11.1. The third-order valence-electron chi connectivity index (χ3n) is 2.92. The van der Waals surface area contributed by atoms with Crippen LogP contribution in [0.5, 0.6) is 0 Å². The molecule has 0 aromatic heterocycles. The number of sulfonamides is 1. The number of rotatable bonds is 3. The van der Waals surface area contributed by atoms with E-state index in [2.05, 4.69) is 6.58 Å². The molecular formula is C10H17NO3S. The standard InChI is InChI=1S/C10H17NO3S/c1-8(2)7-15(12,13)11-9-3-4-10(11)6-14-5-9/h9-10H,1,3-7H2,2H3. The molecule has 2 rings (SSSR count). The number of hydrogen-bond acceptors (Lipinski definition) is 3. The summed E-state index contributed by atoms with van der Waals surface area (Å²) in [6.45, 7) is 6.51. The molecule has 0 N–H and O–H groups in total. The van der Waals surface area contributed by atoms with Gasteiger partial charge in [0.25, 0.3) is 0 Å². The van der Waals surface area contributed by atoms with Gasteiger partial charge in [-0.2, -0.15) is 4.31 Å². The Balaban J connectivity index is 2.20. The minimum atomic E-state index is -3.16. The summed E-state index contributed by atoms with van der Waals surface area (Å²) in [7, 11) is -3.16. The summed E-state index contributed by atoms with van der Waals surface area (Å²) in [6, 6.07) is 0.126. The van der Waals surface area contributed by atoms with Gasteiger partial charge in [0, 0.05) is 12.1 Å². The van der Waals surface area contributed by atoms with E-state index in [0.717, 1.165) is 12.8 Å². The third kappa shape index (κ3) is 2.09. The molecule has 5 heteroatoms. The summed E-state index contributed by atoms with van der Waals surface area (Å²) in [5.74, 6) is 0.0694. The summed E-state index contributed by atoms with van der Waals surface area (Å²) in [5, 5.41) is 0. The first-order valence-corrected chi connectivity index (χ1v) is 6.85. The van der Waals surface area contributed by atoms with Gasteiger partial charge in [-0.3, -0.25) is 0 Å². The van der Waals surface area contributed by atoms with Crippen molar-refractivity contribution in [3.63, 3.8) is 0 Å². The second-order valence-corrected chi connectivity index (χ2v) is 6.34. The van der Waals surface area contributed by atoms with Crippen LogP contribution in [0.3, 0.4) is 0 Å². The van der Waals surface area contributed by atoms with E-state index in [9.17, 15) is 8.42 Å². The molecular weight excluding hydrogens is 214 g/mol. The maximum Gasteiger partial charge on any atom is 0.218 e. The highest BCUT2D eigenvalue weighted by atomic mass is 32.2. The maximum atomic E-state index is 12.1. The smallest absolute Gasteiger partial charge is 0.218 e. The van der Waals surface area contributed by atoms with E-state index in [4.69, 9.17) is 4.74 Å². The molecule has 2 atom stereocenters. The summed E-state index contributed by atoms with van der Waals surface area (Å²) >= 11 is 0. The first-order chi connectivity index (χ1) is 7.00. The van der Waals surface area contributed by atoms with Crippen LogP contribution < -0.4 is 0 Å². The quantitative estimate of drug-likeness (QED) is 0.674. The monoisotopic (exact) mass is 231 g/mol. The SMILES string of the molecule is C=C(C)CS(=O)(=O)N1C2CCC1COC2. The Bertz CT molecular complexity index is 347. The van der Waals surface area contributed by atoms with Gasteiger partial charge in [0.05, 0.1) is 19.0 Å². The molecule has 86 valence electrons. The zero-order valence-electron chi connectivity index (χ0n) is 8.98. The fourth-order valence-electron chi connectivity index (χ4n) is 2.43. The van der Waals surface area contributed by atoms with Gasteiger partial charge in [-0.15, -0.1) is 0 Å². The topological polar surface area (TPSA) is 46.6 Å². The highest BCUT2D eigenvalue weighted by molar-refractivity contribution is 7.89. The number of ether oxygens (including phenoxy) is 1. The van der Waals surface area contributed by atoms with Crippen molar-refractivity contribution >= 4 is 10.0 Å². The van der Waals surface area contributed by atoms with Gasteiger partial charge in [-0.1, -0.05) is 12.2 Å². The van der Waals surface area contributed by atoms with E-state index in [1.54, 1.807) is 11.2 Å². The number of morpholine rings is 1. The van der Waals surface area contributed by atoms with E-state index in [0.29, 0.717) is 18.8 Å². The fourth-order valence-corrected chi connectivity index (χ4v) is 4.44. The van der Waals surface area contributed by atoms with Crippen molar-refractivity contribution in [2.24, 2.45) is 0 Å². The summed E-state index contributed by atoms with van der Waals surface area (Å²) < 4.78 is 31.1. The van der Waals surface area contributed by atoms with Crippen molar-refractivity contribution < 1.29 is 13.2 Å². The van der Waals surface area contributed by atoms with Gasteiger partial charge in [-0.25, -0.2) is 8.42 Å². The van der Waals surface area contributed by atoms with E-state index in [1.165, 1.54) is 0 Å². The Hall–Kier alpha value is -0.390. The zero-order valence-corrected chi connectivity index (χ0v) is 9.79. The molecule has 0 aromatic rings. The lowest BCUT2D eigenvalue weighted by molar-refractivity contribution is 0.0270. The molecule has 2 bridgehead atoms. The number of hydrogen-bond donors (Lipinski definition) is 0. The van der Waals surface area contributed by atoms with Crippen LogP contribution in [-0.2, 0) is 14.8 Å². The highest BCUT2D eigenvalue weighted by Crippen LogP contribution is 2.31. The van der Waals surface area contributed by atoms with Crippen molar-refractivity contribution in [3.8, 4) is 0 Å². The lowest BCUT2D eigenvalue weighted by atomic mass is 10.2. The van der Waals surface area contributed by atoms with Crippen LogP contribution in [0.1, 0.15) is 19.8 Å². The minimum absolute atomic E-state index is 0.0631. The summed E-state index contributed by atoms with van der Waals surface area (Å²) in [5.41, 5.74) is 0.695. The molecule has 2 fully saturated rings. The van der Waals surface area contributed by atoms with Gasteiger partial charge in [0.15, 0.2) is 0 Å². The van der Waals surface area contributed by atoms with E-state index in [-0.39, 0.29) is 17.8 Å². The molecule has 2 heterocycles. The Kier molecular flexibility index (Phi) is 2.87. The predicted molar refractivity (Wildman–Crippen MR) is 58.1 cm³/mol. The van der Waals surface area contributed by atoms with Crippen LogP contribution in [0.25, 0.3) is 0 Å². The van der Waals surface area contributed by atoms with Gasteiger partial charge in [0.2, 0.25) is 10.0 Å². The van der Waals surface area contributed by atoms with Crippen molar-refractivity contribution in [1.29, 1.82) is 0 Å². The van der Waals surface area contributed by atoms with Crippen LogP contribution >= 0.6 is 0 Å². The molecule has 2 aliphatic rings. The average Bonchev–Trinajstić information content (AvgIpc) is 2.37. The summed E-state index contributed by atoms with van der Waals surface area (Å²) in [4.78, 5) is 0. The first-order valence-electron chi connectivity index (χ1n) is 5.24. The Morgan fingerprint density at radius 3 is 2.40 bits per heavy atom. The van der Waals surface area contributed by atoms with Crippen LogP contribution in [0.4, 0.5) is 0 Å². The van der Waals surface area contributed by atoms with Crippen LogP contribution in [0, 0.1) is 0 Å². The molecule has 2 saturated heterocycles. The van der Waals surface area contributed by atoms with Crippen molar-refractivity contribution in [2.45, 2.75) is 31.8 Å². The highest BCUT2D eigenvalue weighted by Gasteiger charge is 2.44. The predicted octanol–water partition coefficient (Wildman–Crippen LogP) is 0.755. The molecule has 0 radical (unpaired) electrons. The molecule has 2 aliphatic heterocycles. The van der Waals surface area contributed by atoms with Gasteiger partial charge < -0.3 is 4.74 Å². The van der Waals surface area contributed by atoms with Crippen LogP contribution in [0.2, 0.25) is 0 Å². The Morgan fingerprint density at radius 1 is 1.40 bits per heavy atom. The molecule has 2 unspecified atom stereocenters. The second-order valence-electron chi connectivity index (χ2n) is 4.47. The molecule has 0 aliphatic carbocycles. The Labute approximate surface area is 91.0 Å². The third-order valence-corrected chi connectivity index (χ3v) is 5.02. The average molecular weight is 231 g/mol. The molecule has 0 amide bonds. The van der Waals surface area contributed by atoms with Gasteiger partial charge in [0.1, 0.15) is 0 Å². The van der Waals surface area contributed by atoms with Crippen LogP contribution in [-0.4, -0.2) is 43.8 Å². The fraction of sp³-hybridized carbons (Fsp3) is 0.800. The maximum absolute atomic E-state index is 12.1. The summed E-state index contributed by atoms with van der Waals surface area (Å²) in [6.07, 6.45) is 1.86. The van der Waals surface area contributed by atoms with Crippen molar-refractivity contribution in [1.82, 2.24) is 4.31 Å². The second kappa shape index (κ2) is 3.88. The lowest BCUT2D eigenvalue weighted by Gasteiger charge is -2.33. The minimum Gasteiger partial charge on any atom is -0.378 e. The van der Waals surface area contributed by atoms with E-state index >= 15 is 0 Å². The molecule has 4 nitrogen and oxygen atoms in total. The molecule has 0 spiro atoms. The van der Waals surface area contributed by atoms with Gasteiger partial charge >= 0.3 is 0 Å².